The normalized spacial score (nSPS) is 23.0. The van der Waals surface area contributed by atoms with Crippen LogP contribution in [0.2, 0.25) is 0 Å². The minimum Gasteiger partial charge on any atom is -0.366 e. The zero-order valence-electron chi connectivity index (χ0n) is 14.8. The second kappa shape index (κ2) is 6.42. The highest BCUT2D eigenvalue weighted by molar-refractivity contribution is 6.06. The Morgan fingerprint density at radius 1 is 1.25 bits per heavy atom. The number of likely N-dealkylation sites (N-methyl/N-ethyl adjacent to an activating group) is 1. The number of benzene rings is 1. The molecule has 1 amide bonds. The molecule has 0 saturated heterocycles. The highest BCUT2D eigenvalue weighted by Crippen LogP contribution is 2.41. The van der Waals surface area contributed by atoms with Crippen LogP contribution in [-0.2, 0) is 15.0 Å². The first kappa shape index (κ1) is 16.7. The van der Waals surface area contributed by atoms with Crippen LogP contribution in [0.5, 0.6) is 0 Å². The third kappa shape index (κ3) is 2.54. The lowest BCUT2D eigenvalue weighted by molar-refractivity contribution is -0.127. The number of carbonyl (C=O) groups excluding carboxylic acids is 2. The first-order valence-corrected chi connectivity index (χ1v) is 8.86. The van der Waals surface area contributed by atoms with Crippen molar-refractivity contribution in [1.82, 2.24) is 10.2 Å². The fourth-order valence-electron chi connectivity index (χ4n) is 4.16. The molecule has 0 aromatic heterocycles. The van der Waals surface area contributed by atoms with Gasteiger partial charge in [-0.1, -0.05) is 50.1 Å². The molecule has 1 saturated carbocycles. The van der Waals surface area contributed by atoms with E-state index in [4.69, 9.17) is 0 Å². The average molecular weight is 326 g/mol. The average Bonchev–Trinajstić information content (AvgIpc) is 3.17. The highest BCUT2D eigenvalue weighted by Gasteiger charge is 2.44. The number of nitrogens with zero attached hydrogens (tertiary/aromatic N) is 1. The van der Waals surface area contributed by atoms with Gasteiger partial charge in [-0.3, -0.25) is 9.59 Å². The van der Waals surface area contributed by atoms with Gasteiger partial charge in [0, 0.05) is 12.7 Å². The third-order valence-corrected chi connectivity index (χ3v) is 5.75. The van der Waals surface area contributed by atoms with E-state index in [0.29, 0.717) is 5.70 Å². The molecular formula is C20H26N2O2. The van der Waals surface area contributed by atoms with Gasteiger partial charge in [-0.25, -0.2) is 0 Å². The van der Waals surface area contributed by atoms with Crippen molar-refractivity contribution in [3.8, 4) is 0 Å². The lowest BCUT2D eigenvalue weighted by Crippen LogP contribution is -2.43. The van der Waals surface area contributed by atoms with Gasteiger partial charge in [-0.05, 0) is 31.7 Å². The number of nitrogens with one attached hydrogen (secondary N) is 1. The Balaban J connectivity index is 1.90. The van der Waals surface area contributed by atoms with Crippen LogP contribution < -0.4 is 5.32 Å². The Morgan fingerprint density at radius 2 is 1.88 bits per heavy atom. The summed E-state index contributed by atoms with van der Waals surface area (Å²) in [6.07, 6.45) is 4.53. The summed E-state index contributed by atoms with van der Waals surface area (Å²) in [5.41, 5.74) is 1.90. The van der Waals surface area contributed by atoms with Crippen molar-refractivity contribution >= 4 is 11.7 Å². The van der Waals surface area contributed by atoms with E-state index in [1.807, 2.05) is 56.1 Å². The number of hydrogen-bond acceptors (Lipinski definition) is 3. The summed E-state index contributed by atoms with van der Waals surface area (Å²) in [6.45, 7) is 3.91. The second-order valence-electron chi connectivity index (χ2n) is 6.97. The van der Waals surface area contributed by atoms with Gasteiger partial charge >= 0.3 is 0 Å². The number of carbonyl (C=O) groups is 2. The van der Waals surface area contributed by atoms with Crippen molar-refractivity contribution < 1.29 is 9.59 Å². The predicted octanol–water partition coefficient (Wildman–Crippen LogP) is 3.14. The molecule has 1 fully saturated rings. The number of ketones is 1. The summed E-state index contributed by atoms with van der Waals surface area (Å²) >= 11 is 0. The molecule has 1 aliphatic heterocycles. The minimum absolute atomic E-state index is 0.0287. The second-order valence-corrected chi connectivity index (χ2v) is 6.97. The van der Waals surface area contributed by atoms with Crippen molar-refractivity contribution in [2.24, 2.45) is 0 Å². The van der Waals surface area contributed by atoms with Crippen molar-refractivity contribution in [2.75, 3.05) is 7.05 Å². The fraction of sp³-hybridized carbons (Fsp3) is 0.500. The van der Waals surface area contributed by atoms with Gasteiger partial charge in [0.05, 0.1) is 11.5 Å². The maximum atomic E-state index is 13.2. The van der Waals surface area contributed by atoms with E-state index in [0.717, 1.165) is 43.4 Å². The molecule has 4 heteroatoms. The Hall–Kier alpha value is -2.10. The summed E-state index contributed by atoms with van der Waals surface area (Å²) in [5, 5.41) is 3.00. The van der Waals surface area contributed by atoms with E-state index < -0.39 is 5.41 Å². The Labute approximate surface area is 143 Å². The van der Waals surface area contributed by atoms with E-state index >= 15 is 0 Å². The van der Waals surface area contributed by atoms with Gasteiger partial charge in [0.15, 0.2) is 0 Å². The molecule has 128 valence electrons. The van der Waals surface area contributed by atoms with Crippen LogP contribution in [-0.4, -0.2) is 29.7 Å². The number of Topliss-reactive ketones (excluding diaryl/α,β-unsaturated/α-hetero) is 1. The molecule has 0 spiro atoms. The third-order valence-electron chi connectivity index (χ3n) is 5.75. The number of allylic oxidation sites excluding steroid dienone is 1. The summed E-state index contributed by atoms with van der Waals surface area (Å²) in [5.74, 6) is 0.00566. The maximum Gasteiger partial charge on any atom is 0.235 e. The minimum atomic E-state index is -0.502. The largest absolute Gasteiger partial charge is 0.366 e. The molecule has 3 rings (SSSR count). The number of hydrogen-bond donors (Lipinski definition) is 1. The Bertz CT molecular complexity index is 672. The molecule has 1 heterocycles. The molecule has 1 aliphatic carbocycles. The zero-order chi connectivity index (χ0) is 17.3. The van der Waals surface area contributed by atoms with Crippen molar-refractivity contribution in [2.45, 2.75) is 57.4 Å². The maximum absolute atomic E-state index is 13.2. The van der Waals surface area contributed by atoms with E-state index in [-0.39, 0.29) is 17.7 Å². The molecule has 0 radical (unpaired) electrons. The van der Waals surface area contributed by atoms with Crippen LogP contribution in [0.4, 0.5) is 0 Å². The SMILES string of the molecule is CCC1C(=O)C(NC(=O)C2(c3ccccc3)CCCC2)=C(C)N1C. The Morgan fingerprint density at radius 3 is 2.42 bits per heavy atom. The Kier molecular flexibility index (Phi) is 4.48. The van der Waals surface area contributed by atoms with Crippen molar-refractivity contribution in [3.05, 3.63) is 47.3 Å². The molecule has 2 aliphatic rings. The molecule has 1 atom stereocenters. The van der Waals surface area contributed by atoms with Crippen LogP contribution in [0.3, 0.4) is 0 Å². The number of rotatable bonds is 4. The van der Waals surface area contributed by atoms with Crippen molar-refractivity contribution in [3.63, 3.8) is 0 Å². The van der Waals surface area contributed by atoms with Gasteiger partial charge in [0.25, 0.3) is 0 Å². The molecule has 1 aromatic carbocycles. The highest BCUT2D eigenvalue weighted by atomic mass is 16.2. The standard InChI is InChI=1S/C20H26N2O2/c1-4-16-18(23)17(14(2)22(16)3)21-19(24)20(12-8-9-13-20)15-10-6-5-7-11-15/h5-7,10-11,16H,4,8-9,12-13H2,1-3H3,(H,21,24). The first-order chi connectivity index (χ1) is 11.5. The van der Waals surface area contributed by atoms with Crippen LogP contribution in [0.1, 0.15) is 51.5 Å². The van der Waals surface area contributed by atoms with E-state index in [1.165, 1.54) is 0 Å². The van der Waals surface area contributed by atoms with Gasteiger partial charge < -0.3 is 10.2 Å². The molecular weight excluding hydrogens is 300 g/mol. The van der Waals surface area contributed by atoms with Crippen molar-refractivity contribution in [1.29, 1.82) is 0 Å². The van der Waals surface area contributed by atoms with E-state index in [9.17, 15) is 9.59 Å². The fourth-order valence-corrected chi connectivity index (χ4v) is 4.16. The van der Waals surface area contributed by atoms with Gasteiger partial charge in [-0.2, -0.15) is 0 Å². The van der Waals surface area contributed by atoms with Crippen LogP contribution in [0, 0.1) is 0 Å². The lowest BCUT2D eigenvalue weighted by atomic mass is 9.78. The smallest absolute Gasteiger partial charge is 0.235 e. The zero-order valence-corrected chi connectivity index (χ0v) is 14.8. The molecule has 1 unspecified atom stereocenters. The molecule has 0 bridgehead atoms. The molecule has 1 N–H and O–H groups in total. The topological polar surface area (TPSA) is 49.4 Å². The lowest BCUT2D eigenvalue weighted by Gasteiger charge is -2.28. The number of amides is 1. The molecule has 24 heavy (non-hydrogen) atoms. The summed E-state index contributed by atoms with van der Waals surface area (Å²) < 4.78 is 0. The van der Waals surface area contributed by atoms with E-state index in [2.05, 4.69) is 5.32 Å². The van der Waals surface area contributed by atoms with Gasteiger partial charge in [0.2, 0.25) is 11.7 Å². The van der Waals surface area contributed by atoms with E-state index in [1.54, 1.807) is 0 Å². The molecule has 1 aromatic rings. The van der Waals surface area contributed by atoms with Gasteiger partial charge in [-0.15, -0.1) is 0 Å². The monoisotopic (exact) mass is 326 g/mol. The van der Waals surface area contributed by atoms with Gasteiger partial charge in [0.1, 0.15) is 5.70 Å². The van der Waals surface area contributed by atoms with Crippen LogP contribution in [0.15, 0.2) is 41.7 Å². The predicted molar refractivity (Wildman–Crippen MR) is 94.3 cm³/mol. The summed E-state index contributed by atoms with van der Waals surface area (Å²) in [6, 6.07) is 9.84. The molecule has 4 nitrogen and oxygen atoms in total. The quantitative estimate of drug-likeness (QED) is 0.925. The summed E-state index contributed by atoms with van der Waals surface area (Å²) in [7, 11) is 1.92. The first-order valence-electron chi connectivity index (χ1n) is 8.86. The summed E-state index contributed by atoms with van der Waals surface area (Å²) in [4.78, 5) is 27.8. The van der Waals surface area contributed by atoms with Crippen LogP contribution in [0.25, 0.3) is 0 Å². The van der Waals surface area contributed by atoms with Crippen LogP contribution >= 0.6 is 0 Å².